The third-order valence-electron chi connectivity index (χ3n) is 3.62. The van der Waals surface area contributed by atoms with Crippen molar-refractivity contribution in [2.45, 2.75) is 38.9 Å². The summed E-state index contributed by atoms with van der Waals surface area (Å²) in [5, 5.41) is 9.61. The van der Waals surface area contributed by atoms with Crippen LogP contribution in [0.1, 0.15) is 38.4 Å². The van der Waals surface area contributed by atoms with Crippen LogP contribution in [0.2, 0.25) is 0 Å². The molecule has 1 aromatic carbocycles. The lowest BCUT2D eigenvalue weighted by Crippen LogP contribution is -2.32. The van der Waals surface area contributed by atoms with Gasteiger partial charge in [-0.1, -0.05) is 6.07 Å². The second-order valence-electron chi connectivity index (χ2n) is 5.06. The predicted octanol–water partition coefficient (Wildman–Crippen LogP) is 3.51. The number of anilines is 1. The molecule has 0 saturated carbocycles. The Kier molecular flexibility index (Phi) is 5.25. The molecule has 1 unspecified atom stereocenters. The first-order chi connectivity index (χ1) is 9.11. The normalized spacial score (nSPS) is 20.5. The highest BCUT2D eigenvalue weighted by molar-refractivity contribution is 9.10. The molecule has 0 radical (unpaired) electrons. The van der Waals surface area contributed by atoms with Crippen molar-refractivity contribution in [2.24, 2.45) is 0 Å². The second kappa shape index (κ2) is 6.73. The molecule has 0 spiro atoms. The Hall–Kier alpha value is -0.580. The molecule has 1 aliphatic heterocycles. The van der Waals surface area contributed by atoms with Gasteiger partial charge in [-0.3, -0.25) is 0 Å². The van der Waals surface area contributed by atoms with Crippen molar-refractivity contribution < 1.29 is 9.84 Å². The van der Waals surface area contributed by atoms with E-state index in [9.17, 15) is 5.11 Å². The highest BCUT2D eigenvalue weighted by atomic mass is 79.9. The molecule has 106 valence electrons. The second-order valence-corrected chi connectivity index (χ2v) is 5.91. The monoisotopic (exact) mass is 327 g/mol. The molecule has 3 nitrogen and oxygen atoms in total. The van der Waals surface area contributed by atoms with E-state index in [0.717, 1.165) is 36.2 Å². The molecule has 2 atom stereocenters. The minimum absolute atomic E-state index is 0.350. The van der Waals surface area contributed by atoms with Crippen LogP contribution in [0.25, 0.3) is 0 Å². The summed E-state index contributed by atoms with van der Waals surface area (Å²) in [6.45, 7) is 6.72. The van der Waals surface area contributed by atoms with Crippen molar-refractivity contribution in [2.75, 3.05) is 24.6 Å². The third-order valence-corrected chi connectivity index (χ3v) is 4.26. The lowest BCUT2D eigenvalue weighted by atomic mass is 10.1. The van der Waals surface area contributed by atoms with Crippen molar-refractivity contribution >= 4 is 21.6 Å². The molecule has 0 aromatic heterocycles. The Balaban J connectivity index is 2.13. The Morgan fingerprint density at radius 2 is 2.32 bits per heavy atom. The van der Waals surface area contributed by atoms with Gasteiger partial charge in [0.05, 0.1) is 17.9 Å². The van der Waals surface area contributed by atoms with E-state index in [-0.39, 0.29) is 0 Å². The molecular formula is C15H22BrNO2. The van der Waals surface area contributed by atoms with E-state index in [4.69, 9.17) is 4.74 Å². The van der Waals surface area contributed by atoms with Gasteiger partial charge in [0.1, 0.15) is 0 Å². The van der Waals surface area contributed by atoms with Crippen molar-refractivity contribution in [3.05, 3.63) is 28.2 Å². The molecule has 1 aromatic rings. The minimum Gasteiger partial charge on any atom is -0.389 e. The van der Waals surface area contributed by atoms with Crippen LogP contribution in [0, 0.1) is 0 Å². The van der Waals surface area contributed by atoms with E-state index in [0.29, 0.717) is 6.10 Å². The first-order valence-corrected chi connectivity index (χ1v) is 7.75. The molecule has 1 N–H and O–H groups in total. The number of hydrogen-bond acceptors (Lipinski definition) is 3. The summed E-state index contributed by atoms with van der Waals surface area (Å²) >= 11 is 3.61. The number of benzene rings is 1. The van der Waals surface area contributed by atoms with E-state index in [1.807, 2.05) is 12.1 Å². The summed E-state index contributed by atoms with van der Waals surface area (Å²) in [4.78, 5) is 2.33. The number of hydrogen-bond donors (Lipinski definition) is 1. The molecule has 4 heteroatoms. The van der Waals surface area contributed by atoms with Gasteiger partial charge in [0.25, 0.3) is 0 Å². The van der Waals surface area contributed by atoms with Crippen LogP contribution >= 0.6 is 15.9 Å². The Morgan fingerprint density at radius 1 is 1.53 bits per heavy atom. The molecule has 0 amide bonds. The summed E-state index contributed by atoms with van der Waals surface area (Å²) in [5.74, 6) is 0. The molecule has 0 aliphatic carbocycles. The molecule has 1 saturated heterocycles. The maximum Gasteiger partial charge on any atom is 0.0762 e. The number of rotatable bonds is 5. The Morgan fingerprint density at radius 3 is 2.84 bits per heavy atom. The van der Waals surface area contributed by atoms with Crippen LogP contribution in [0.15, 0.2) is 22.7 Å². The van der Waals surface area contributed by atoms with E-state index < -0.39 is 6.10 Å². The maximum atomic E-state index is 9.61. The van der Waals surface area contributed by atoms with Gasteiger partial charge in [-0.15, -0.1) is 0 Å². The molecule has 19 heavy (non-hydrogen) atoms. The van der Waals surface area contributed by atoms with Crippen LogP contribution in [0.4, 0.5) is 5.69 Å². The van der Waals surface area contributed by atoms with Crippen molar-refractivity contribution in [3.63, 3.8) is 0 Å². The highest BCUT2D eigenvalue weighted by Gasteiger charge is 2.20. The van der Waals surface area contributed by atoms with Gasteiger partial charge in [0.15, 0.2) is 0 Å². The van der Waals surface area contributed by atoms with Crippen molar-refractivity contribution in [1.82, 2.24) is 0 Å². The maximum absolute atomic E-state index is 9.61. The lowest BCUT2D eigenvalue weighted by molar-refractivity contribution is 0.115. The van der Waals surface area contributed by atoms with Crippen molar-refractivity contribution in [3.8, 4) is 0 Å². The minimum atomic E-state index is -0.432. The smallest absolute Gasteiger partial charge is 0.0762 e. The van der Waals surface area contributed by atoms with E-state index in [1.165, 1.54) is 12.1 Å². The summed E-state index contributed by atoms with van der Waals surface area (Å²) < 4.78 is 6.74. The summed E-state index contributed by atoms with van der Waals surface area (Å²) in [6.07, 6.45) is 2.24. The topological polar surface area (TPSA) is 32.7 Å². The fourth-order valence-corrected chi connectivity index (χ4v) is 3.12. The average Bonchev–Trinajstić information content (AvgIpc) is 2.89. The quantitative estimate of drug-likeness (QED) is 0.898. The van der Waals surface area contributed by atoms with Gasteiger partial charge in [-0.25, -0.2) is 0 Å². The number of aliphatic hydroxyl groups excluding tert-OH is 1. The SMILES string of the molecule is CCN(CC1CCCO1)c1ccc([C@@H](C)O)cc1Br. The average molecular weight is 328 g/mol. The Bertz CT molecular complexity index is 417. The molecular weight excluding hydrogens is 306 g/mol. The van der Waals surface area contributed by atoms with Gasteiger partial charge in [-0.2, -0.15) is 0 Å². The zero-order chi connectivity index (χ0) is 13.8. The zero-order valence-electron chi connectivity index (χ0n) is 11.6. The molecule has 1 aliphatic rings. The van der Waals surface area contributed by atoms with Gasteiger partial charge < -0.3 is 14.7 Å². The number of ether oxygens (including phenoxy) is 1. The number of nitrogens with zero attached hydrogens (tertiary/aromatic N) is 1. The lowest BCUT2D eigenvalue weighted by Gasteiger charge is -2.27. The van der Waals surface area contributed by atoms with Gasteiger partial charge in [0.2, 0.25) is 0 Å². The van der Waals surface area contributed by atoms with Gasteiger partial charge >= 0.3 is 0 Å². The van der Waals surface area contributed by atoms with Crippen LogP contribution in [-0.4, -0.2) is 30.9 Å². The summed E-state index contributed by atoms with van der Waals surface area (Å²) in [5.41, 5.74) is 2.10. The first kappa shape index (κ1) is 14.8. The molecule has 1 heterocycles. The van der Waals surface area contributed by atoms with Crippen LogP contribution in [-0.2, 0) is 4.74 Å². The first-order valence-electron chi connectivity index (χ1n) is 6.96. The standard InChI is InChI=1S/C15H22BrNO2/c1-3-17(10-13-5-4-8-19-13)15-7-6-12(11(2)18)9-14(15)16/h6-7,9,11,13,18H,3-5,8,10H2,1-2H3/t11-,13?/m1/s1. The number of halogens is 1. The van der Waals surface area contributed by atoms with Gasteiger partial charge in [0, 0.05) is 24.2 Å². The van der Waals surface area contributed by atoms with E-state index >= 15 is 0 Å². The zero-order valence-corrected chi connectivity index (χ0v) is 13.2. The fourth-order valence-electron chi connectivity index (χ4n) is 2.47. The van der Waals surface area contributed by atoms with Crippen LogP contribution in [0.5, 0.6) is 0 Å². The highest BCUT2D eigenvalue weighted by Crippen LogP contribution is 2.30. The van der Waals surface area contributed by atoms with E-state index in [2.05, 4.69) is 33.8 Å². The number of likely N-dealkylation sites (N-methyl/N-ethyl adjacent to an activating group) is 1. The largest absolute Gasteiger partial charge is 0.389 e. The van der Waals surface area contributed by atoms with E-state index in [1.54, 1.807) is 6.92 Å². The van der Waals surface area contributed by atoms with Crippen molar-refractivity contribution in [1.29, 1.82) is 0 Å². The Labute approximate surface area is 123 Å². The summed E-state index contributed by atoms with van der Waals surface area (Å²) in [7, 11) is 0. The predicted molar refractivity (Wildman–Crippen MR) is 81.6 cm³/mol. The fraction of sp³-hybridized carbons (Fsp3) is 0.600. The molecule has 1 fully saturated rings. The third kappa shape index (κ3) is 3.71. The number of aliphatic hydroxyl groups is 1. The van der Waals surface area contributed by atoms with Crippen LogP contribution in [0.3, 0.4) is 0 Å². The van der Waals surface area contributed by atoms with Crippen LogP contribution < -0.4 is 4.90 Å². The van der Waals surface area contributed by atoms with Gasteiger partial charge in [-0.05, 0) is 60.3 Å². The molecule has 0 bridgehead atoms. The molecule has 2 rings (SSSR count). The summed E-state index contributed by atoms with van der Waals surface area (Å²) in [6, 6.07) is 6.06.